The number of carbonyl (C=O) groups is 1. The highest BCUT2D eigenvalue weighted by Gasteiger charge is 2.40. The summed E-state index contributed by atoms with van der Waals surface area (Å²) in [6.07, 6.45) is 0.810. The van der Waals surface area contributed by atoms with Gasteiger partial charge in [0.25, 0.3) is 5.91 Å². The quantitative estimate of drug-likeness (QED) is 0.502. The number of methoxy groups -OCH3 is 1. The van der Waals surface area contributed by atoms with Crippen molar-refractivity contribution in [3.63, 3.8) is 0 Å². The maximum Gasteiger partial charge on any atom is 0.255 e. The van der Waals surface area contributed by atoms with E-state index >= 15 is 0 Å². The molecule has 5 heteroatoms. The second-order valence-corrected chi connectivity index (χ2v) is 14.5. The topological polar surface area (TPSA) is 38.8 Å². The Morgan fingerprint density at radius 1 is 1.07 bits per heavy atom. The van der Waals surface area contributed by atoms with Crippen LogP contribution in [0.3, 0.4) is 0 Å². The number of amides is 1. The van der Waals surface area contributed by atoms with Gasteiger partial charge >= 0.3 is 0 Å². The number of carbonyl (C=O) groups excluding carboxylic acids is 1. The molecule has 4 nitrogen and oxygen atoms in total. The Morgan fingerprint density at radius 2 is 1.73 bits per heavy atom. The molecule has 1 amide bonds. The van der Waals surface area contributed by atoms with Crippen LogP contribution in [0.4, 0.5) is 0 Å². The van der Waals surface area contributed by atoms with E-state index in [9.17, 15) is 4.79 Å². The van der Waals surface area contributed by atoms with Crippen molar-refractivity contribution in [1.82, 2.24) is 4.90 Å². The number of hydrogen-bond donors (Lipinski definition) is 0. The standard InChI is InChI=1S/C25H35NO3Si/c1-18-9-8-10-21-22(15-16-29-30(6,7)25(2,3)4)26(24(27)23(18)21)17-19-11-13-20(28-5)14-12-19/h8-14,22H,15-17H2,1-7H3. The Kier molecular flexibility index (Phi) is 6.44. The Labute approximate surface area is 182 Å². The normalized spacial score (nSPS) is 16.7. The van der Waals surface area contributed by atoms with Crippen LogP contribution in [-0.2, 0) is 11.0 Å². The molecule has 0 aromatic heterocycles. The average Bonchev–Trinajstić information content (AvgIpc) is 2.94. The van der Waals surface area contributed by atoms with Crippen LogP contribution in [0.15, 0.2) is 42.5 Å². The monoisotopic (exact) mass is 425 g/mol. The van der Waals surface area contributed by atoms with Crippen LogP contribution in [0, 0.1) is 6.92 Å². The van der Waals surface area contributed by atoms with Gasteiger partial charge in [-0.1, -0.05) is 51.1 Å². The molecule has 0 saturated carbocycles. The SMILES string of the molecule is COc1ccc(CN2C(=O)c3c(C)cccc3C2CCO[Si](C)(C)C(C)(C)C)cc1. The summed E-state index contributed by atoms with van der Waals surface area (Å²) in [6.45, 7) is 14.6. The first-order chi connectivity index (χ1) is 14.0. The lowest BCUT2D eigenvalue weighted by atomic mass is 9.99. The molecule has 0 radical (unpaired) electrons. The number of nitrogens with zero attached hydrogens (tertiary/aromatic N) is 1. The average molecular weight is 426 g/mol. The summed E-state index contributed by atoms with van der Waals surface area (Å²) in [6, 6.07) is 14.2. The zero-order valence-corrected chi connectivity index (χ0v) is 20.4. The van der Waals surface area contributed by atoms with Crippen LogP contribution in [-0.4, -0.2) is 32.8 Å². The second kappa shape index (κ2) is 8.56. The third kappa shape index (κ3) is 4.47. The molecule has 162 valence electrons. The zero-order valence-electron chi connectivity index (χ0n) is 19.4. The molecule has 1 aliphatic rings. The molecule has 2 aromatic rings. The molecule has 3 rings (SSSR count). The summed E-state index contributed by atoms with van der Waals surface area (Å²) < 4.78 is 11.7. The number of fused-ring (bicyclic) bond motifs is 1. The molecule has 0 spiro atoms. The minimum absolute atomic E-state index is 0.0410. The van der Waals surface area contributed by atoms with E-state index in [-0.39, 0.29) is 17.0 Å². The lowest BCUT2D eigenvalue weighted by molar-refractivity contribution is 0.0685. The van der Waals surface area contributed by atoms with Gasteiger partial charge in [0.15, 0.2) is 8.32 Å². The maximum atomic E-state index is 13.3. The minimum Gasteiger partial charge on any atom is -0.497 e. The van der Waals surface area contributed by atoms with Crippen molar-refractivity contribution in [3.8, 4) is 5.75 Å². The van der Waals surface area contributed by atoms with Crippen LogP contribution in [0.5, 0.6) is 5.75 Å². The first kappa shape index (κ1) is 22.6. The Hall–Kier alpha value is -2.11. The van der Waals surface area contributed by atoms with E-state index in [1.807, 2.05) is 42.2 Å². The van der Waals surface area contributed by atoms with Crippen LogP contribution < -0.4 is 4.74 Å². The van der Waals surface area contributed by atoms with Gasteiger partial charge in [-0.25, -0.2) is 0 Å². The van der Waals surface area contributed by atoms with Crippen LogP contribution in [0.2, 0.25) is 18.1 Å². The van der Waals surface area contributed by atoms with Crippen LogP contribution >= 0.6 is 0 Å². The van der Waals surface area contributed by atoms with Gasteiger partial charge in [-0.2, -0.15) is 0 Å². The summed E-state index contributed by atoms with van der Waals surface area (Å²) in [5, 5.41) is 0.176. The molecular weight excluding hydrogens is 390 g/mol. The fourth-order valence-electron chi connectivity index (χ4n) is 3.78. The van der Waals surface area contributed by atoms with Gasteiger partial charge in [0.05, 0.1) is 13.2 Å². The number of ether oxygens (including phenoxy) is 1. The van der Waals surface area contributed by atoms with Crippen LogP contribution in [0.1, 0.15) is 60.3 Å². The fourth-order valence-corrected chi connectivity index (χ4v) is 4.84. The lowest BCUT2D eigenvalue weighted by Gasteiger charge is -2.37. The molecule has 0 bridgehead atoms. The highest BCUT2D eigenvalue weighted by Crippen LogP contribution is 2.40. The molecule has 0 aliphatic carbocycles. The predicted octanol–water partition coefficient (Wildman–Crippen LogP) is 6.11. The summed E-state index contributed by atoms with van der Waals surface area (Å²) in [5.41, 5.74) is 4.14. The highest BCUT2D eigenvalue weighted by atomic mass is 28.4. The Morgan fingerprint density at radius 3 is 2.33 bits per heavy atom. The molecular formula is C25H35NO3Si. The summed E-state index contributed by atoms with van der Waals surface area (Å²) in [5.74, 6) is 0.946. The second-order valence-electron chi connectivity index (χ2n) is 9.73. The van der Waals surface area contributed by atoms with E-state index in [0.717, 1.165) is 34.4 Å². The summed E-state index contributed by atoms with van der Waals surface area (Å²) in [4.78, 5) is 15.4. The molecule has 0 N–H and O–H groups in total. The molecule has 1 heterocycles. The molecule has 1 unspecified atom stereocenters. The van der Waals surface area contributed by atoms with E-state index in [4.69, 9.17) is 9.16 Å². The maximum absolute atomic E-state index is 13.3. The van der Waals surface area contributed by atoms with Crippen molar-refractivity contribution in [3.05, 3.63) is 64.7 Å². The van der Waals surface area contributed by atoms with Crippen molar-refractivity contribution >= 4 is 14.2 Å². The van der Waals surface area contributed by atoms with Crippen molar-refractivity contribution < 1.29 is 14.0 Å². The largest absolute Gasteiger partial charge is 0.497 e. The third-order valence-electron chi connectivity index (χ3n) is 6.69. The lowest BCUT2D eigenvalue weighted by Crippen LogP contribution is -2.41. The van der Waals surface area contributed by atoms with Gasteiger partial charge in [-0.05, 0) is 60.3 Å². The van der Waals surface area contributed by atoms with Gasteiger partial charge in [0.2, 0.25) is 0 Å². The molecule has 0 saturated heterocycles. The Balaban J connectivity index is 1.82. The van der Waals surface area contributed by atoms with Crippen molar-refractivity contribution in [1.29, 1.82) is 0 Å². The summed E-state index contributed by atoms with van der Waals surface area (Å²) in [7, 11) is -0.157. The predicted molar refractivity (Wildman–Crippen MR) is 125 cm³/mol. The number of rotatable bonds is 7. The number of hydrogen-bond acceptors (Lipinski definition) is 3. The fraction of sp³-hybridized carbons (Fsp3) is 0.480. The van der Waals surface area contributed by atoms with Gasteiger partial charge in [-0.15, -0.1) is 0 Å². The number of aryl methyl sites for hydroxylation is 1. The first-order valence-electron chi connectivity index (χ1n) is 10.7. The van der Waals surface area contributed by atoms with Crippen molar-refractivity contribution in [2.75, 3.05) is 13.7 Å². The van der Waals surface area contributed by atoms with Gasteiger partial charge in [-0.3, -0.25) is 4.79 Å². The van der Waals surface area contributed by atoms with Gasteiger partial charge in [0, 0.05) is 18.7 Å². The van der Waals surface area contributed by atoms with Gasteiger partial charge < -0.3 is 14.1 Å². The van der Waals surface area contributed by atoms with E-state index in [0.29, 0.717) is 13.2 Å². The minimum atomic E-state index is -1.82. The first-order valence-corrected chi connectivity index (χ1v) is 13.6. The highest BCUT2D eigenvalue weighted by molar-refractivity contribution is 6.74. The van der Waals surface area contributed by atoms with Crippen molar-refractivity contribution in [2.24, 2.45) is 0 Å². The van der Waals surface area contributed by atoms with E-state index in [1.165, 1.54) is 0 Å². The van der Waals surface area contributed by atoms with Crippen LogP contribution in [0.25, 0.3) is 0 Å². The van der Waals surface area contributed by atoms with Gasteiger partial charge in [0.1, 0.15) is 5.75 Å². The number of benzene rings is 2. The smallest absolute Gasteiger partial charge is 0.255 e. The molecule has 0 fully saturated rings. The molecule has 30 heavy (non-hydrogen) atoms. The molecule has 2 aromatic carbocycles. The molecule has 1 atom stereocenters. The van der Waals surface area contributed by atoms with E-state index < -0.39 is 8.32 Å². The zero-order chi connectivity index (χ0) is 22.1. The molecule has 1 aliphatic heterocycles. The Bertz CT molecular complexity index is 900. The third-order valence-corrected chi connectivity index (χ3v) is 11.2. The van der Waals surface area contributed by atoms with E-state index in [2.05, 4.69) is 46.0 Å². The van der Waals surface area contributed by atoms with Crippen molar-refractivity contribution in [2.45, 2.75) is 64.8 Å². The van der Waals surface area contributed by atoms with E-state index in [1.54, 1.807) is 7.11 Å². The summed E-state index contributed by atoms with van der Waals surface area (Å²) >= 11 is 0.